The van der Waals surface area contributed by atoms with Gasteiger partial charge in [0.1, 0.15) is 0 Å². The van der Waals surface area contributed by atoms with Crippen molar-refractivity contribution in [2.45, 2.75) is 40.5 Å². The van der Waals surface area contributed by atoms with E-state index in [4.69, 9.17) is 0 Å². The van der Waals surface area contributed by atoms with Crippen LogP contribution in [0.2, 0.25) is 0 Å². The molecule has 1 rings (SSSR count). The highest BCUT2D eigenvalue weighted by molar-refractivity contribution is 5.00. The lowest BCUT2D eigenvalue weighted by Gasteiger charge is -2.17. The molecule has 0 radical (unpaired) electrons. The lowest BCUT2D eigenvalue weighted by molar-refractivity contribution is 0.319. The summed E-state index contributed by atoms with van der Waals surface area (Å²) in [5, 5.41) is 0. The summed E-state index contributed by atoms with van der Waals surface area (Å²) in [4.78, 5) is 0. The summed E-state index contributed by atoms with van der Waals surface area (Å²) in [7, 11) is 0. The number of rotatable bonds is 2. The summed E-state index contributed by atoms with van der Waals surface area (Å²) < 4.78 is 0. The highest BCUT2D eigenvalue weighted by Gasteiger charge is 2.51. The van der Waals surface area contributed by atoms with Crippen molar-refractivity contribution >= 4 is 0 Å². The molecule has 54 valence electrons. The van der Waals surface area contributed by atoms with Crippen LogP contribution in [-0.4, -0.2) is 0 Å². The zero-order valence-corrected chi connectivity index (χ0v) is 7.07. The van der Waals surface area contributed by atoms with Gasteiger partial charge in [0.05, 0.1) is 0 Å². The molecule has 0 nitrogen and oxygen atoms in total. The fraction of sp³-hybridized carbons (Fsp3) is 1.00. The van der Waals surface area contributed by atoms with Crippen molar-refractivity contribution in [3.63, 3.8) is 0 Å². The van der Waals surface area contributed by atoms with Crippen LogP contribution < -0.4 is 0 Å². The SMILES string of the molecule is CCC1(C(C)C)CC1C. The summed E-state index contributed by atoms with van der Waals surface area (Å²) in [6.07, 6.45) is 2.85. The second kappa shape index (κ2) is 2.00. The van der Waals surface area contributed by atoms with E-state index in [0.29, 0.717) is 0 Å². The van der Waals surface area contributed by atoms with Crippen molar-refractivity contribution in [3.8, 4) is 0 Å². The molecule has 9 heavy (non-hydrogen) atoms. The summed E-state index contributed by atoms with van der Waals surface area (Å²) in [6, 6.07) is 0. The molecule has 0 spiro atoms. The molecule has 0 aromatic rings. The van der Waals surface area contributed by atoms with Gasteiger partial charge in [-0.05, 0) is 30.1 Å². The molecular weight excluding hydrogens is 108 g/mol. The average molecular weight is 126 g/mol. The van der Waals surface area contributed by atoms with E-state index in [0.717, 1.165) is 17.3 Å². The molecule has 0 bridgehead atoms. The minimum Gasteiger partial charge on any atom is -0.0648 e. The molecule has 0 heterocycles. The zero-order valence-electron chi connectivity index (χ0n) is 7.07. The van der Waals surface area contributed by atoms with Crippen molar-refractivity contribution in [1.29, 1.82) is 0 Å². The molecule has 0 saturated heterocycles. The van der Waals surface area contributed by atoms with Gasteiger partial charge in [0.25, 0.3) is 0 Å². The first-order valence-electron chi connectivity index (χ1n) is 4.13. The lowest BCUT2D eigenvalue weighted by Crippen LogP contribution is -2.09. The topological polar surface area (TPSA) is 0 Å². The second-order valence-corrected chi connectivity index (χ2v) is 3.85. The maximum absolute atomic E-state index is 2.38. The van der Waals surface area contributed by atoms with E-state index in [1.54, 1.807) is 0 Å². The Morgan fingerprint density at radius 1 is 1.56 bits per heavy atom. The fourth-order valence-electron chi connectivity index (χ4n) is 2.22. The van der Waals surface area contributed by atoms with Gasteiger partial charge in [0.2, 0.25) is 0 Å². The van der Waals surface area contributed by atoms with Gasteiger partial charge in [-0.15, -0.1) is 0 Å². The molecule has 0 heteroatoms. The Labute approximate surface area is 58.7 Å². The second-order valence-electron chi connectivity index (χ2n) is 3.85. The van der Waals surface area contributed by atoms with E-state index < -0.39 is 0 Å². The van der Waals surface area contributed by atoms with Crippen molar-refractivity contribution in [2.75, 3.05) is 0 Å². The third-order valence-electron chi connectivity index (χ3n) is 3.32. The maximum Gasteiger partial charge on any atom is -0.0248 e. The standard InChI is InChI=1S/C9H18/c1-5-9(7(2)3)6-8(9)4/h7-8H,5-6H2,1-4H3. The molecule has 0 aromatic carbocycles. The largest absolute Gasteiger partial charge is 0.0648 e. The molecule has 1 aliphatic carbocycles. The Hall–Kier alpha value is 0. The van der Waals surface area contributed by atoms with Crippen LogP contribution in [0.4, 0.5) is 0 Å². The van der Waals surface area contributed by atoms with Crippen molar-refractivity contribution in [1.82, 2.24) is 0 Å². The molecule has 0 N–H and O–H groups in total. The molecule has 1 fully saturated rings. The molecule has 0 aliphatic heterocycles. The van der Waals surface area contributed by atoms with Gasteiger partial charge < -0.3 is 0 Å². The first-order valence-corrected chi connectivity index (χ1v) is 4.13. The number of hydrogen-bond donors (Lipinski definition) is 0. The van der Waals surface area contributed by atoms with Crippen LogP contribution in [-0.2, 0) is 0 Å². The van der Waals surface area contributed by atoms with E-state index in [9.17, 15) is 0 Å². The average Bonchev–Trinajstić information content (AvgIpc) is 2.43. The molecule has 1 saturated carbocycles. The van der Waals surface area contributed by atoms with Crippen LogP contribution in [0.3, 0.4) is 0 Å². The smallest absolute Gasteiger partial charge is 0.0248 e. The summed E-state index contributed by atoms with van der Waals surface area (Å²) in [6.45, 7) is 9.41. The van der Waals surface area contributed by atoms with Crippen molar-refractivity contribution in [2.24, 2.45) is 17.3 Å². The Kier molecular flexibility index (Phi) is 1.58. The summed E-state index contributed by atoms with van der Waals surface area (Å²) >= 11 is 0. The maximum atomic E-state index is 2.38. The third kappa shape index (κ3) is 0.889. The van der Waals surface area contributed by atoms with Crippen LogP contribution >= 0.6 is 0 Å². The zero-order chi connectivity index (χ0) is 7.07. The van der Waals surface area contributed by atoms with Crippen LogP contribution in [0.15, 0.2) is 0 Å². The van der Waals surface area contributed by atoms with Crippen LogP contribution in [0.25, 0.3) is 0 Å². The highest BCUT2D eigenvalue weighted by atomic mass is 14.6. The van der Waals surface area contributed by atoms with E-state index >= 15 is 0 Å². The number of hydrogen-bond acceptors (Lipinski definition) is 0. The van der Waals surface area contributed by atoms with Gasteiger partial charge in [-0.1, -0.05) is 27.7 Å². The molecule has 0 amide bonds. The van der Waals surface area contributed by atoms with Crippen molar-refractivity contribution < 1.29 is 0 Å². The normalized spacial score (nSPS) is 41.7. The van der Waals surface area contributed by atoms with E-state index in [2.05, 4.69) is 27.7 Å². The van der Waals surface area contributed by atoms with Gasteiger partial charge in [0.15, 0.2) is 0 Å². The lowest BCUT2D eigenvalue weighted by atomic mass is 9.88. The first kappa shape index (κ1) is 7.11. The Balaban J connectivity index is 2.52. The van der Waals surface area contributed by atoms with Gasteiger partial charge in [0, 0.05) is 0 Å². The van der Waals surface area contributed by atoms with Crippen LogP contribution in [0.1, 0.15) is 40.5 Å². The van der Waals surface area contributed by atoms with Gasteiger partial charge in [-0.25, -0.2) is 0 Å². The summed E-state index contributed by atoms with van der Waals surface area (Å²) in [5.74, 6) is 1.90. The van der Waals surface area contributed by atoms with Gasteiger partial charge in [-0.3, -0.25) is 0 Å². The monoisotopic (exact) mass is 126 g/mol. The minimum absolute atomic E-state index is 0.750. The Bertz CT molecular complexity index is 101. The molecule has 1 aliphatic rings. The molecule has 2 unspecified atom stereocenters. The highest BCUT2D eigenvalue weighted by Crippen LogP contribution is 2.59. The predicted molar refractivity (Wildman–Crippen MR) is 41.3 cm³/mol. The van der Waals surface area contributed by atoms with Crippen LogP contribution in [0.5, 0.6) is 0 Å². The van der Waals surface area contributed by atoms with Crippen molar-refractivity contribution in [3.05, 3.63) is 0 Å². The Morgan fingerprint density at radius 2 is 2.00 bits per heavy atom. The quantitative estimate of drug-likeness (QED) is 0.533. The Morgan fingerprint density at radius 3 is 2.00 bits per heavy atom. The van der Waals surface area contributed by atoms with E-state index in [-0.39, 0.29) is 0 Å². The van der Waals surface area contributed by atoms with Gasteiger partial charge in [-0.2, -0.15) is 0 Å². The first-order chi connectivity index (χ1) is 4.13. The van der Waals surface area contributed by atoms with Crippen LogP contribution in [0, 0.1) is 17.3 Å². The molecule has 2 atom stereocenters. The minimum atomic E-state index is 0.750. The molecule has 0 aromatic heterocycles. The predicted octanol–water partition coefficient (Wildman–Crippen LogP) is 3.08. The third-order valence-corrected chi connectivity index (χ3v) is 3.32. The fourth-order valence-corrected chi connectivity index (χ4v) is 2.22. The van der Waals surface area contributed by atoms with E-state index in [1.165, 1.54) is 12.8 Å². The summed E-state index contributed by atoms with van der Waals surface area (Å²) in [5.41, 5.74) is 0.750. The molecular formula is C9H18. The van der Waals surface area contributed by atoms with E-state index in [1.807, 2.05) is 0 Å². The van der Waals surface area contributed by atoms with Gasteiger partial charge >= 0.3 is 0 Å².